The van der Waals surface area contributed by atoms with Crippen LogP contribution in [0.2, 0.25) is 0 Å². The normalized spacial score (nSPS) is 14.8. The van der Waals surface area contributed by atoms with Crippen molar-refractivity contribution in [1.29, 1.82) is 0 Å². The molecule has 1 heterocycles. The summed E-state index contributed by atoms with van der Waals surface area (Å²) in [4.78, 5) is 3.89. The molecule has 0 aliphatic carbocycles. The van der Waals surface area contributed by atoms with E-state index in [4.69, 9.17) is 0 Å². The summed E-state index contributed by atoms with van der Waals surface area (Å²) >= 11 is 0. The maximum absolute atomic E-state index is 12.3. The average Bonchev–Trinajstić information content (AvgIpc) is 2.16. The fraction of sp³-hybridized carbons (Fsp3) is 0.222. The second-order valence-electron chi connectivity index (χ2n) is 2.95. The Morgan fingerprint density at radius 3 is 2.79 bits per heavy atom. The van der Waals surface area contributed by atoms with Gasteiger partial charge in [-0.1, -0.05) is 6.07 Å². The summed E-state index contributed by atoms with van der Waals surface area (Å²) in [7, 11) is 0. The van der Waals surface area contributed by atoms with E-state index in [0.29, 0.717) is 17.9 Å². The highest BCUT2D eigenvalue weighted by molar-refractivity contribution is 5.89. The minimum atomic E-state index is -4.29. The molecule has 2 nitrogen and oxygen atoms in total. The average molecular weight is 200 g/mol. The summed E-state index contributed by atoms with van der Waals surface area (Å²) in [6, 6.07) is 3.56. The van der Waals surface area contributed by atoms with Crippen LogP contribution in [0.1, 0.15) is 11.1 Å². The molecule has 0 radical (unpaired) electrons. The molecular weight excluding hydrogens is 193 g/mol. The zero-order valence-corrected chi connectivity index (χ0v) is 7.10. The van der Waals surface area contributed by atoms with E-state index < -0.39 is 11.7 Å². The van der Waals surface area contributed by atoms with Crippen LogP contribution in [0.25, 0.3) is 0 Å². The Bertz CT molecular complexity index is 382. The number of hydrogen-bond acceptors (Lipinski definition) is 2. The fourth-order valence-corrected chi connectivity index (χ4v) is 1.27. The quantitative estimate of drug-likeness (QED) is 0.683. The van der Waals surface area contributed by atoms with E-state index in [2.05, 4.69) is 10.3 Å². The molecule has 1 aliphatic rings. The van der Waals surface area contributed by atoms with Gasteiger partial charge in [0.2, 0.25) is 0 Å². The third-order valence-electron chi connectivity index (χ3n) is 1.97. The topological polar surface area (TPSA) is 24.4 Å². The number of aliphatic imine (C=N–C) groups is 1. The molecule has 1 aromatic rings. The number of anilines is 1. The van der Waals surface area contributed by atoms with Gasteiger partial charge in [-0.2, -0.15) is 13.2 Å². The first-order valence-electron chi connectivity index (χ1n) is 4.02. The molecule has 0 saturated heterocycles. The monoisotopic (exact) mass is 200 g/mol. The lowest BCUT2D eigenvalue weighted by Gasteiger charge is -2.14. The highest BCUT2D eigenvalue weighted by Gasteiger charge is 2.31. The highest BCUT2D eigenvalue weighted by atomic mass is 19.4. The molecule has 1 N–H and O–H groups in total. The zero-order chi connectivity index (χ0) is 10.2. The number of nitrogens with one attached hydrogen (secondary N) is 1. The van der Waals surface area contributed by atoms with Gasteiger partial charge in [-0.15, -0.1) is 0 Å². The molecule has 0 amide bonds. The van der Waals surface area contributed by atoms with E-state index in [1.807, 2.05) is 0 Å². The largest absolute Gasteiger partial charge is 0.416 e. The van der Waals surface area contributed by atoms with E-state index in [1.165, 1.54) is 6.07 Å². The van der Waals surface area contributed by atoms with Crippen LogP contribution in [0.15, 0.2) is 23.2 Å². The van der Waals surface area contributed by atoms with Gasteiger partial charge in [0.25, 0.3) is 0 Å². The standard InChI is InChI=1S/C9H7F3N2/c10-9(11,12)7-2-1-6-4-13-5-14-8(6)3-7/h1-4,14H,5H2. The van der Waals surface area contributed by atoms with Crippen molar-refractivity contribution in [2.45, 2.75) is 6.18 Å². The van der Waals surface area contributed by atoms with Crippen LogP contribution in [0, 0.1) is 0 Å². The van der Waals surface area contributed by atoms with Crippen LogP contribution in [-0.4, -0.2) is 12.9 Å². The van der Waals surface area contributed by atoms with Gasteiger partial charge in [-0.3, -0.25) is 4.99 Å². The SMILES string of the molecule is FC(F)(F)c1ccc2c(c1)NCN=C2. The number of nitrogens with zero attached hydrogens (tertiary/aromatic N) is 1. The Morgan fingerprint density at radius 2 is 2.07 bits per heavy atom. The fourth-order valence-electron chi connectivity index (χ4n) is 1.27. The van der Waals surface area contributed by atoms with Crippen molar-refractivity contribution in [1.82, 2.24) is 0 Å². The highest BCUT2D eigenvalue weighted by Crippen LogP contribution is 2.32. The maximum Gasteiger partial charge on any atom is 0.416 e. The molecule has 74 valence electrons. The minimum absolute atomic E-state index is 0.328. The number of hydrogen-bond donors (Lipinski definition) is 1. The third-order valence-corrected chi connectivity index (χ3v) is 1.97. The first kappa shape index (κ1) is 9.05. The van der Waals surface area contributed by atoms with Crippen LogP contribution in [0.3, 0.4) is 0 Å². The summed E-state index contributed by atoms with van der Waals surface area (Å²) in [5.74, 6) is 0. The maximum atomic E-state index is 12.3. The van der Waals surface area contributed by atoms with Crippen molar-refractivity contribution in [3.05, 3.63) is 29.3 Å². The van der Waals surface area contributed by atoms with Crippen molar-refractivity contribution < 1.29 is 13.2 Å². The number of fused-ring (bicyclic) bond motifs is 1. The molecule has 0 saturated carbocycles. The molecule has 0 bridgehead atoms. The molecule has 0 fully saturated rings. The number of benzene rings is 1. The van der Waals surface area contributed by atoms with Crippen molar-refractivity contribution in [3.63, 3.8) is 0 Å². The molecule has 5 heteroatoms. The second-order valence-corrected chi connectivity index (χ2v) is 2.95. The smallest absolute Gasteiger partial charge is 0.366 e. The molecule has 0 atom stereocenters. The lowest BCUT2D eigenvalue weighted by atomic mass is 10.1. The van der Waals surface area contributed by atoms with Gasteiger partial charge in [-0.25, -0.2) is 0 Å². The predicted octanol–water partition coefficient (Wildman–Crippen LogP) is 2.51. The second kappa shape index (κ2) is 3.01. The third kappa shape index (κ3) is 1.57. The van der Waals surface area contributed by atoms with E-state index in [9.17, 15) is 13.2 Å². The summed E-state index contributed by atoms with van der Waals surface area (Å²) in [6.45, 7) is 0.328. The summed E-state index contributed by atoms with van der Waals surface area (Å²) in [5.41, 5.74) is 0.526. The lowest BCUT2D eigenvalue weighted by molar-refractivity contribution is -0.137. The Balaban J connectivity index is 2.45. The summed E-state index contributed by atoms with van der Waals surface area (Å²) in [5, 5.41) is 2.78. The summed E-state index contributed by atoms with van der Waals surface area (Å²) < 4.78 is 36.9. The van der Waals surface area contributed by atoms with E-state index >= 15 is 0 Å². The van der Waals surface area contributed by atoms with E-state index in [0.717, 1.165) is 12.1 Å². The van der Waals surface area contributed by atoms with Gasteiger partial charge in [0.15, 0.2) is 0 Å². The first-order valence-corrected chi connectivity index (χ1v) is 4.02. The van der Waals surface area contributed by atoms with Crippen LogP contribution in [0.4, 0.5) is 18.9 Å². The molecule has 2 rings (SSSR count). The van der Waals surface area contributed by atoms with Crippen LogP contribution >= 0.6 is 0 Å². The van der Waals surface area contributed by atoms with Crippen LogP contribution < -0.4 is 5.32 Å². The van der Waals surface area contributed by atoms with Crippen molar-refractivity contribution >= 4 is 11.9 Å². The molecule has 0 spiro atoms. The van der Waals surface area contributed by atoms with Gasteiger partial charge in [0.05, 0.1) is 5.56 Å². The molecule has 0 unspecified atom stereocenters. The molecule has 1 aromatic carbocycles. The predicted molar refractivity (Wildman–Crippen MR) is 47.5 cm³/mol. The Hall–Kier alpha value is -1.52. The van der Waals surface area contributed by atoms with Gasteiger partial charge in [0.1, 0.15) is 6.67 Å². The Labute approximate surface area is 78.5 Å². The van der Waals surface area contributed by atoms with Gasteiger partial charge < -0.3 is 5.32 Å². The molecule has 1 aliphatic heterocycles. The van der Waals surface area contributed by atoms with Crippen molar-refractivity contribution in [2.75, 3.05) is 12.0 Å². The zero-order valence-electron chi connectivity index (χ0n) is 7.10. The number of rotatable bonds is 0. The Morgan fingerprint density at radius 1 is 1.29 bits per heavy atom. The van der Waals surface area contributed by atoms with E-state index in [-0.39, 0.29) is 0 Å². The van der Waals surface area contributed by atoms with Gasteiger partial charge in [-0.05, 0) is 12.1 Å². The first-order chi connectivity index (χ1) is 6.57. The van der Waals surface area contributed by atoms with Crippen LogP contribution in [-0.2, 0) is 6.18 Å². The van der Waals surface area contributed by atoms with Gasteiger partial charge in [0, 0.05) is 17.5 Å². The number of alkyl halides is 3. The van der Waals surface area contributed by atoms with Crippen molar-refractivity contribution in [3.8, 4) is 0 Å². The summed E-state index contributed by atoms with van der Waals surface area (Å²) in [6.07, 6.45) is -2.72. The van der Waals surface area contributed by atoms with Crippen LogP contribution in [0.5, 0.6) is 0 Å². The van der Waals surface area contributed by atoms with E-state index in [1.54, 1.807) is 6.21 Å². The molecular formula is C9H7F3N2. The number of halogens is 3. The lowest BCUT2D eigenvalue weighted by Crippen LogP contribution is -2.11. The molecule has 0 aromatic heterocycles. The molecule has 14 heavy (non-hydrogen) atoms. The van der Waals surface area contributed by atoms with Gasteiger partial charge >= 0.3 is 6.18 Å². The minimum Gasteiger partial charge on any atom is -0.366 e. The van der Waals surface area contributed by atoms with Crippen molar-refractivity contribution in [2.24, 2.45) is 4.99 Å². The Kier molecular flexibility index (Phi) is 1.94.